The molecule has 0 spiro atoms. The Balaban J connectivity index is 1.28. The predicted octanol–water partition coefficient (Wildman–Crippen LogP) is 4.00. The molecule has 8 heteroatoms. The van der Waals surface area contributed by atoms with Crippen LogP contribution in [0.2, 0.25) is 0 Å². The van der Waals surface area contributed by atoms with Gasteiger partial charge in [-0.1, -0.05) is 60.3 Å². The summed E-state index contributed by atoms with van der Waals surface area (Å²) in [5, 5.41) is 9.72. The molecule has 1 aliphatic heterocycles. The van der Waals surface area contributed by atoms with E-state index in [0.717, 1.165) is 35.6 Å². The number of hydrogen-bond donors (Lipinski definition) is 0. The second-order valence-corrected chi connectivity index (χ2v) is 9.52. The Hall–Kier alpha value is -3.65. The quantitative estimate of drug-likeness (QED) is 0.370. The minimum Gasteiger partial charge on any atom is -0.353 e. The fraction of sp³-hybridized carbons (Fsp3) is 0.259. The molecule has 0 aliphatic carbocycles. The SMILES string of the molecule is Cc1cccc(-n2c(Cc3ccccc3)nnc2SCC(=O)N2CCN(c3ccccn3)CC2)c1. The second kappa shape index (κ2) is 10.7. The number of benzene rings is 2. The maximum absolute atomic E-state index is 13.0. The molecular formula is C27H28N6OS. The zero-order valence-corrected chi connectivity index (χ0v) is 20.6. The fourth-order valence-corrected chi connectivity index (χ4v) is 5.13. The van der Waals surface area contributed by atoms with E-state index in [1.165, 1.54) is 22.9 Å². The number of hydrogen-bond acceptors (Lipinski definition) is 6. The van der Waals surface area contributed by atoms with Crippen LogP contribution < -0.4 is 4.90 Å². The van der Waals surface area contributed by atoms with Crippen LogP contribution in [-0.4, -0.2) is 62.5 Å². The van der Waals surface area contributed by atoms with Crippen LogP contribution in [-0.2, 0) is 11.2 Å². The first-order chi connectivity index (χ1) is 17.2. The van der Waals surface area contributed by atoms with E-state index in [-0.39, 0.29) is 5.91 Å². The van der Waals surface area contributed by atoms with Gasteiger partial charge in [-0.3, -0.25) is 9.36 Å². The summed E-state index contributed by atoms with van der Waals surface area (Å²) in [7, 11) is 0. The molecule has 0 N–H and O–H groups in total. The smallest absolute Gasteiger partial charge is 0.233 e. The average Bonchev–Trinajstić information content (AvgIpc) is 3.30. The lowest BCUT2D eigenvalue weighted by Gasteiger charge is -2.35. The summed E-state index contributed by atoms with van der Waals surface area (Å²) >= 11 is 1.45. The van der Waals surface area contributed by atoms with Crippen molar-refractivity contribution in [1.29, 1.82) is 0 Å². The van der Waals surface area contributed by atoms with Crippen LogP contribution in [0.5, 0.6) is 0 Å². The molecule has 7 nitrogen and oxygen atoms in total. The normalized spacial score (nSPS) is 13.7. The number of carbonyl (C=O) groups excluding carboxylic acids is 1. The van der Waals surface area contributed by atoms with Crippen molar-refractivity contribution in [2.75, 3.05) is 36.8 Å². The van der Waals surface area contributed by atoms with E-state index in [9.17, 15) is 4.79 Å². The first-order valence-electron chi connectivity index (χ1n) is 11.8. The van der Waals surface area contributed by atoms with Crippen molar-refractivity contribution < 1.29 is 4.79 Å². The first-order valence-corrected chi connectivity index (χ1v) is 12.8. The lowest BCUT2D eigenvalue weighted by molar-refractivity contribution is -0.128. The van der Waals surface area contributed by atoms with E-state index in [2.05, 4.69) is 61.9 Å². The maximum atomic E-state index is 13.0. The highest BCUT2D eigenvalue weighted by molar-refractivity contribution is 7.99. The molecule has 4 aromatic rings. The van der Waals surface area contributed by atoms with E-state index in [0.29, 0.717) is 25.3 Å². The molecule has 0 atom stereocenters. The fourth-order valence-electron chi connectivity index (χ4n) is 4.26. The van der Waals surface area contributed by atoms with E-state index >= 15 is 0 Å². The molecule has 3 heterocycles. The molecule has 178 valence electrons. The largest absolute Gasteiger partial charge is 0.353 e. The summed E-state index contributed by atoms with van der Waals surface area (Å²) in [4.78, 5) is 21.6. The van der Waals surface area contributed by atoms with Gasteiger partial charge in [0.1, 0.15) is 11.6 Å². The van der Waals surface area contributed by atoms with Gasteiger partial charge in [0.25, 0.3) is 0 Å². The van der Waals surface area contributed by atoms with Gasteiger partial charge in [-0.2, -0.15) is 0 Å². The monoisotopic (exact) mass is 484 g/mol. The number of rotatable bonds is 7. The predicted molar refractivity (Wildman–Crippen MR) is 139 cm³/mol. The number of aryl methyl sites for hydroxylation is 1. The van der Waals surface area contributed by atoms with Gasteiger partial charge >= 0.3 is 0 Å². The Labute approximate surface area is 209 Å². The van der Waals surface area contributed by atoms with Crippen LogP contribution >= 0.6 is 11.8 Å². The van der Waals surface area contributed by atoms with E-state index < -0.39 is 0 Å². The van der Waals surface area contributed by atoms with Gasteiger partial charge in [0, 0.05) is 44.5 Å². The Morgan fingerprint density at radius 3 is 2.46 bits per heavy atom. The molecule has 2 aromatic heterocycles. The molecule has 35 heavy (non-hydrogen) atoms. The highest BCUT2D eigenvalue weighted by atomic mass is 32.2. The second-order valence-electron chi connectivity index (χ2n) is 8.58. The molecule has 0 bridgehead atoms. The Bertz CT molecular complexity index is 1270. The molecular weight excluding hydrogens is 456 g/mol. The van der Waals surface area contributed by atoms with Crippen molar-refractivity contribution in [3.8, 4) is 5.69 Å². The van der Waals surface area contributed by atoms with Gasteiger partial charge in [-0.05, 0) is 42.3 Å². The summed E-state index contributed by atoms with van der Waals surface area (Å²) in [6.07, 6.45) is 2.48. The average molecular weight is 485 g/mol. The van der Waals surface area contributed by atoms with Crippen molar-refractivity contribution in [1.82, 2.24) is 24.6 Å². The van der Waals surface area contributed by atoms with Gasteiger partial charge in [0.15, 0.2) is 5.16 Å². The third kappa shape index (κ3) is 5.54. The van der Waals surface area contributed by atoms with Crippen LogP contribution in [0.15, 0.2) is 84.1 Å². The zero-order valence-electron chi connectivity index (χ0n) is 19.7. The van der Waals surface area contributed by atoms with Crippen molar-refractivity contribution in [3.05, 3.63) is 95.9 Å². The van der Waals surface area contributed by atoms with Gasteiger partial charge in [-0.25, -0.2) is 4.98 Å². The summed E-state index contributed by atoms with van der Waals surface area (Å²) in [5.74, 6) is 2.28. The lowest BCUT2D eigenvalue weighted by Crippen LogP contribution is -2.49. The first kappa shape index (κ1) is 23.1. The minimum absolute atomic E-state index is 0.124. The van der Waals surface area contributed by atoms with Crippen molar-refractivity contribution >= 4 is 23.5 Å². The summed E-state index contributed by atoms with van der Waals surface area (Å²) in [6.45, 7) is 5.04. The Morgan fingerprint density at radius 1 is 0.914 bits per heavy atom. The summed E-state index contributed by atoms with van der Waals surface area (Å²) < 4.78 is 2.08. The topological polar surface area (TPSA) is 67.2 Å². The van der Waals surface area contributed by atoms with Crippen LogP contribution in [0.4, 0.5) is 5.82 Å². The van der Waals surface area contributed by atoms with Crippen molar-refractivity contribution in [2.45, 2.75) is 18.5 Å². The highest BCUT2D eigenvalue weighted by Gasteiger charge is 2.23. The highest BCUT2D eigenvalue weighted by Crippen LogP contribution is 2.25. The molecule has 1 aliphatic rings. The number of carbonyl (C=O) groups is 1. The van der Waals surface area contributed by atoms with Crippen molar-refractivity contribution in [2.24, 2.45) is 0 Å². The number of anilines is 1. The Kier molecular flexibility index (Phi) is 7.09. The molecule has 1 amide bonds. The molecule has 5 rings (SSSR count). The molecule has 0 radical (unpaired) electrons. The summed E-state index contributed by atoms with van der Waals surface area (Å²) in [6, 6.07) is 24.5. The minimum atomic E-state index is 0.124. The third-order valence-electron chi connectivity index (χ3n) is 6.10. The van der Waals surface area contributed by atoms with E-state index in [1.807, 2.05) is 47.4 Å². The van der Waals surface area contributed by atoms with Gasteiger partial charge in [-0.15, -0.1) is 10.2 Å². The molecule has 0 unspecified atom stereocenters. The van der Waals surface area contributed by atoms with Crippen molar-refractivity contribution in [3.63, 3.8) is 0 Å². The van der Waals surface area contributed by atoms with Crippen LogP contribution in [0.25, 0.3) is 5.69 Å². The van der Waals surface area contributed by atoms with Gasteiger partial charge < -0.3 is 9.80 Å². The number of nitrogens with zero attached hydrogens (tertiary/aromatic N) is 6. The molecule has 1 saturated heterocycles. The number of thioether (sulfide) groups is 1. The van der Waals surface area contributed by atoms with Crippen LogP contribution in [0.1, 0.15) is 17.0 Å². The zero-order chi connectivity index (χ0) is 24.0. The molecule has 2 aromatic carbocycles. The lowest BCUT2D eigenvalue weighted by atomic mass is 10.1. The third-order valence-corrected chi connectivity index (χ3v) is 7.01. The maximum Gasteiger partial charge on any atom is 0.233 e. The molecule has 1 fully saturated rings. The van der Waals surface area contributed by atoms with Gasteiger partial charge in [0.2, 0.25) is 5.91 Å². The Morgan fingerprint density at radius 2 is 1.71 bits per heavy atom. The van der Waals surface area contributed by atoms with Gasteiger partial charge in [0.05, 0.1) is 5.75 Å². The number of pyridine rings is 1. The van der Waals surface area contributed by atoms with E-state index in [4.69, 9.17) is 0 Å². The van der Waals surface area contributed by atoms with Crippen LogP contribution in [0.3, 0.4) is 0 Å². The molecule has 0 saturated carbocycles. The standard InChI is InChI=1S/C27H28N6OS/c1-21-8-7-11-23(18-21)33-25(19-22-9-3-2-4-10-22)29-30-27(33)35-20-26(34)32-16-14-31(15-17-32)24-12-5-6-13-28-24/h2-13,18H,14-17,19-20H2,1H3. The summed E-state index contributed by atoms with van der Waals surface area (Å²) in [5.41, 5.74) is 3.35. The number of piperazine rings is 1. The number of amides is 1. The van der Waals surface area contributed by atoms with E-state index in [1.54, 1.807) is 6.20 Å². The number of aromatic nitrogens is 4. The van der Waals surface area contributed by atoms with Crippen LogP contribution in [0, 0.1) is 6.92 Å².